The van der Waals surface area contributed by atoms with Gasteiger partial charge in [0.2, 0.25) is 0 Å². The summed E-state index contributed by atoms with van der Waals surface area (Å²) in [6.07, 6.45) is 3.07. The van der Waals surface area contributed by atoms with E-state index >= 15 is 0 Å². The lowest BCUT2D eigenvalue weighted by atomic mass is 9.93. The van der Waals surface area contributed by atoms with Crippen LogP contribution in [0.2, 0.25) is 0 Å². The third-order valence-corrected chi connectivity index (χ3v) is 2.81. The van der Waals surface area contributed by atoms with Gasteiger partial charge in [0, 0.05) is 6.04 Å². The van der Waals surface area contributed by atoms with Crippen molar-refractivity contribution in [1.82, 2.24) is 5.32 Å². The molecule has 5 heteroatoms. The van der Waals surface area contributed by atoms with Gasteiger partial charge in [0.25, 0.3) is 0 Å². The summed E-state index contributed by atoms with van der Waals surface area (Å²) >= 11 is 0. The second kappa shape index (κ2) is 4.83. The Morgan fingerprint density at radius 3 is 2.82 bits per heavy atom. The van der Waals surface area contributed by atoms with Crippen LogP contribution in [0.3, 0.4) is 0 Å². The number of carbonyl (C=O) groups is 1. The first-order chi connectivity index (χ1) is 8.20. The van der Waals surface area contributed by atoms with Crippen molar-refractivity contribution >= 4 is 11.7 Å². The van der Waals surface area contributed by atoms with Gasteiger partial charge in [0.1, 0.15) is 17.4 Å². The Hall–Kier alpha value is -2.09. The molecule has 0 aromatic heterocycles. The van der Waals surface area contributed by atoms with E-state index in [1.165, 1.54) is 18.2 Å². The highest BCUT2D eigenvalue weighted by Gasteiger charge is 2.20. The third kappa shape index (κ3) is 2.53. The zero-order chi connectivity index (χ0) is 12.3. The molecular formula is C12H12FN3O. The largest absolute Gasteiger partial charge is 0.335 e. The van der Waals surface area contributed by atoms with Crippen LogP contribution in [0.25, 0.3) is 0 Å². The van der Waals surface area contributed by atoms with E-state index in [1.807, 2.05) is 0 Å². The second-order valence-electron chi connectivity index (χ2n) is 4.00. The van der Waals surface area contributed by atoms with Gasteiger partial charge in [-0.1, -0.05) is 6.07 Å². The highest BCUT2D eigenvalue weighted by Crippen LogP contribution is 2.20. The molecule has 0 atom stereocenters. The molecule has 1 aromatic rings. The number of anilines is 1. The van der Waals surface area contributed by atoms with Gasteiger partial charge in [-0.25, -0.2) is 9.18 Å². The van der Waals surface area contributed by atoms with Crippen LogP contribution in [0, 0.1) is 17.1 Å². The number of hydrogen-bond acceptors (Lipinski definition) is 2. The van der Waals surface area contributed by atoms with Gasteiger partial charge in [-0.15, -0.1) is 0 Å². The predicted octanol–water partition coefficient (Wildman–Crippen LogP) is 2.37. The van der Waals surface area contributed by atoms with Crippen LogP contribution in [0.5, 0.6) is 0 Å². The SMILES string of the molecule is N#Cc1c(F)cccc1NC(=O)NC1CCC1. The predicted molar refractivity (Wildman–Crippen MR) is 60.9 cm³/mol. The van der Waals surface area contributed by atoms with E-state index in [9.17, 15) is 9.18 Å². The molecule has 1 fully saturated rings. The van der Waals surface area contributed by atoms with E-state index in [4.69, 9.17) is 5.26 Å². The Kier molecular flexibility index (Phi) is 3.24. The van der Waals surface area contributed by atoms with E-state index in [1.54, 1.807) is 6.07 Å². The molecule has 1 saturated carbocycles. The molecule has 4 nitrogen and oxygen atoms in total. The highest BCUT2D eigenvalue weighted by molar-refractivity contribution is 5.91. The summed E-state index contributed by atoms with van der Waals surface area (Å²) in [4.78, 5) is 11.5. The normalized spacial score (nSPS) is 14.6. The van der Waals surface area contributed by atoms with Gasteiger partial charge in [0.05, 0.1) is 5.69 Å². The van der Waals surface area contributed by atoms with Gasteiger partial charge in [-0.2, -0.15) is 5.26 Å². The minimum atomic E-state index is -0.631. The number of benzene rings is 1. The number of nitrogens with zero attached hydrogens (tertiary/aromatic N) is 1. The molecule has 0 spiro atoms. The number of hydrogen-bond donors (Lipinski definition) is 2. The van der Waals surface area contributed by atoms with Crippen molar-refractivity contribution in [3.63, 3.8) is 0 Å². The minimum Gasteiger partial charge on any atom is -0.335 e. The van der Waals surface area contributed by atoms with E-state index in [0.717, 1.165) is 19.3 Å². The van der Waals surface area contributed by atoms with Gasteiger partial charge in [0.15, 0.2) is 0 Å². The summed E-state index contributed by atoms with van der Waals surface area (Å²) in [6.45, 7) is 0. The fourth-order valence-corrected chi connectivity index (χ4v) is 1.64. The maximum atomic E-state index is 13.2. The van der Waals surface area contributed by atoms with Crippen LogP contribution < -0.4 is 10.6 Å². The van der Waals surface area contributed by atoms with Crippen molar-refractivity contribution in [2.24, 2.45) is 0 Å². The first-order valence-electron chi connectivity index (χ1n) is 5.47. The Balaban J connectivity index is 2.05. The topological polar surface area (TPSA) is 64.9 Å². The zero-order valence-corrected chi connectivity index (χ0v) is 9.16. The van der Waals surface area contributed by atoms with Gasteiger partial charge in [-0.05, 0) is 31.4 Å². The molecule has 0 radical (unpaired) electrons. The molecule has 0 unspecified atom stereocenters. The number of nitrogens with one attached hydrogen (secondary N) is 2. The zero-order valence-electron chi connectivity index (χ0n) is 9.16. The Morgan fingerprint density at radius 1 is 1.47 bits per heavy atom. The number of carbonyl (C=O) groups excluding carboxylic acids is 1. The third-order valence-electron chi connectivity index (χ3n) is 2.81. The molecule has 2 rings (SSSR count). The van der Waals surface area contributed by atoms with Crippen molar-refractivity contribution in [2.45, 2.75) is 25.3 Å². The maximum absolute atomic E-state index is 13.2. The van der Waals surface area contributed by atoms with Crippen molar-refractivity contribution in [3.05, 3.63) is 29.6 Å². The quantitative estimate of drug-likeness (QED) is 0.823. The minimum absolute atomic E-state index is 0.142. The molecule has 88 valence electrons. The second-order valence-corrected chi connectivity index (χ2v) is 4.00. The average Bonchev–Trinajstić information content (AvgIpc) is 2.24. The summed E-state index contributed by atoms with van der Waals surface area (Å²) < 4.78 is 13.2. The Bertz CT molecular complexity index is 477. The van der Waals surface area contributed by atoms with Crippen LogP contribution in [-0.4, -0.2) is 12.1 Å². The summed E-state index contributed by atoms with van der Waals surface area (Å²) in [5.41, 5.74) is 0.0561. The number of rotatable bonds is 2. The van der Waals surface area contributed by atoms with Crippen molar-refractivity contribution in [2.75, 3.05) is 5.32 Å². The molecule has 0 aliphatic heterocycles. The lowest BCUT2D eigenvalue weighted by molar-refractivity contribution is 0.240. The first kappa shape index (κ1) is 11.4. The van der Waals surface area contributed by atoms with E-state index < -0.39 is 11.8 Å². The molecule has 1 aliphatic rings. The summed E-state index contributed by atoms with van der Waals surface area (Å²) in [6, 6.07) is 5.69. The molecule has 0 bridgehead atoms. The molecular weight excluding hydrogens is 221 g/mol. The van der Waals surface area contributed by atoms with Crippen LogP contribution in [0.15, 0.2) is 18.2 Å². The fourth-order valence-electron chi connectivity index (χ4n) is 1.64. The lowest BCUT2D eigenvalue weighted by Gasteiger charge is -2.26. The van der Waals surface area contributed by atoms with Crippen LogP contribution in [0.1, 0.15) is 24.8 Å². The number of urea groups is 1. The van der Waals surface area contributed by atoms with E-state index in [-0.39, 0.29) is 17.3 Å². The molecule has 2 N–H and O–H groups in total. The van der Waals surface area contributed by atoms with Crippen LogP contribution in [0.4, 0.5) is 14.9 Å². The summed E-state index contributed by atoms with van der Waals surface area (Å²) in [7, 11) is 0. The molecule has 0 heterocycles. The van der Waals surface area contributed by atoms with Gasteiger partial charge in [-0.3, -0.25) is 0 Å². The number of halogens is 1. The van der Waals surface area contributed by atoms with Gasteiger partial charge >= 0.3 is 6.03 Å². The molecule has 17 heavy (non-hydrogen) atoms. The Labute approximate surface area is 98.4 Å². The summed E-state index contributed by atoms with van der Waals surface area (Å²) in [5, 5.41) is 14.0. The molecule has 2 amide bonds. The first-order valence-corrected chi connectivity index (χ1v) is 5.47. The molecule has 1 aliphatic carbocycles. The van der Waals surface area contributed by atoms with Crippen molar-refractivity contribution < 1.29 is 9.18 Å². The smallest absolute Gasteiger partial charge is 0.319 e. The van der Waals surface area contributed by atoms with Crippen LogP contribution in [-0.2, 0) is 0 Å². The van der Waals surface area contributed by atoms with Gasteiger partial charge < -0.3 is 10.6 Å². The standard InChI is InChI=1S/C12H12FN3O/c13-10-5-2-6-11(9(10)7-14)16-12(17)15-8-3-1-4-8/h2,5-6,8H,1,3-4H2,(H2,15,16,17). The number of nitriles is 1. The maximum Gasteiger partial charge on any atom is 0.319 e. The summed E-state index contributed by atoms with van der Waals surface area (Å²) in [5.74, 6) is -0.631. The Morgan fingerprint density at radius 2 is 2.24 bits per heavy atom. The highest BCUT2D eigenvalue weighted by atomic mass is 19.1. The van der Waals surface area contributed by atoms with E-state index in [0.29, 0.717) is 0 Å². The van der Waals surface area contributed by atoms with Crippen LogP contribution >= 0.6 is 0 Å². The monoisotopic (exact) mass is 233 g/mol. The van der Waals surface area contributed by atoms with Crippen molar-refractivity contribution in [3.8, 4) is 6.07 Å². The fraction of sp³-hybridized carbons (Fsp3) is 0.333. The molecule has 1 aromatic carbocycles. The number of amides is 2. The molecule has 0 saturated heterocycles. The lowest BCUT2D eigenvalue weighted by Crippen LogP contribution is -2.41. The average molecular weight is 233 g/mol. The van der Waals surface area contributed by atoms with Crippen molar-refractivity contribution in [1.29, 1.82) is 5.26 Å². The van der Waals surface area contributed by atoms with E-state index in [2.05, 4.69) is 10.6 Å².